The van der Waals surface area contributed by atoms with Crippen LogP contribution in [0.3, 0.4) is 0 Å². The zero-order valence-electron chi connectivity index (χ0n) is 23.0. The molecule has 1 atom stereocenters. The molecule has 0 fully saturated rings. The van der Waals surface area contributed by atoms with Gasteiger partial charge in [-0.3, -0.25) is 13.9 Å². The molecule has 39 heavy (non-hydrogen) atoms. The third-order valence-corrected chi connectivity index (χ3v) is 8.12. The number of hydrogen-bond acceptors (Lipinski definition) is 4. The first-order valence-electron chi connectivity index (χ1n) is 12.9. The van der Waals surface area contributed by atoms with Gasteiger partial charge in [-0.05, 0) is 68.7 Å². The molecule has 7 nitrogen and oxygen atoms in total. The third kappa shape index (κ3) is 7.89. The van der Waals surface area contributed by atoms with E-state index in [2.05, 4.69) is 5.32 Å². The van der Waals surface area contributed by atoms with Gasteiger partial charge in [-0.15, -0.1) is 0 Å². The van der Waals surface area contributed by atoms with Gasteiger partial charge in [0.1, 0.15) is 18.4 Å². The second-order valence-corrected chi connectivity index (χ2v) is 12.0. The summed E-state index contributed by atoms with van der Waals surface area (Å²) in [6.07, 6.45) is 0. The van der Waals surface area contributed by atoms with Crippen molar-refractivity contribution in [2.75, 3.05) is 17.4 Å². The quantitative estimate of drug-likeness (QED) is 0.369. The zero-order valence-corrected chi connectivity index (χ0v) is 23.8. The van der Waals surface area contributed by atoms with Crippen molar-refractivity contribution in [3.8, 4) is 0 Å². The molecule has 3 rings (SSSR count). The molecule has 0 aliphatic carbocycles. The minimum Gasteiger partial charge on any atom is -0.354 e. The molecule has 1 N–H and O–H groups in total. The number of halogens is 1. The number of anilines is 1. The fourth-order valence-corrected chi connectivity index (χ4v) is 5.31. The highest BCUT2D eigenvalue weighted by molar-refractivity contribution is 7.92. The molecule has 3 aromatic rings. The summed E-state index contributed by atoms with van der Waals surface area (Å²) in [4.78, 5) is 28.2. The van der Waals surface area contributed by atoms with E-state index < -0.39 is 34.3 Å². The number of sulfonamides is 1. The zero-order chi connectivity index (χ0) is 28.7. The van der Waals surface area contributed by atoms with Gasteiger partial charge in [0.25, 0.3) is 10.0 Å². The number of rotatable bonds is 11. The van der Waals surface area contributed by atoms with Crippen LogP contribution in [0.2, 0.25) is 0 Å². The fourth-order valence-electron chi connectivity index (χ4n) is 3.90. The van der Waals surface area contributed by atoms with Crippen LogP contribution in [0.4, 0.5) is 10.1 Å². The lowest BCUT2D eigenvalue weighted by atomic mass is 10.1. The number of hydrogen-bond donors (Lipinski definition) is 1. The Balaban J connectivity index is 2.00. The van der Waals surface area contributed by atoms with Gasteiger partial charge in [0.15, 0.2) is 0 Å². The van der Waals surface area contributed by atoms with Gasteiger partial charge < -0.3 is 10.2 Å². The maximum Gasteiger partial charge on any atom is 0.264 e. The Hall–Kier alpha value is -3.72. The maximum atomic E-state index is 13.8. The number of nitrogens with zero attached hydrogens (tertiary/aromatic N) is 2. The van der Waals surface area contributed by atoms with Gasteiger partial charge in [0, 0.05) is 13.1 Å². The van der Waals surface area contributed by atoms with Crippen LogP contribution < -0.4 is 9.62 Å². The predicted molar refractivity (Wildman–Crippen MR) is 151 cm³/mol. The highest BCUT2D eigenvalue weighted by Crippen LogP contribution is 2.25. The smallest absolute Gasteiger partial charge is 0.264 e. The molecule has 0 radical (unpaired) electrons. The Labute approximate surface area is 230 Å². The third-order valence-electron chi connectivity index (χ3n) is 6.33. The summed E-state index contributed by atoms with van der Waals surface area (Å²) in [6.45, 7) is 9.33. The summed E-state index contributed by atoms with van der Waals surface area (Å²) >= 11 is 0. The van der Waals surface area contributed by atoms with Gasteiger partial charge in [-0.25, -0.2) is 12.8 Å². The Morgan fingerprint density at radius 2 is 1.38 bits per heavy atom. The first kappa shape index (κ1) is 29.8. The van der Waals surface area contributed by atoms with Gasteiger partial charge >= 0.3 is 0 Å². The van der Waals surface area contributed by atoms with Crippen LogP contribution >= 0.6 is 0 Å². The standard InChI is InChI=1S/C30H36FN3O4S/c1-21(2)18-32-30(36)24(5)33(19-25-10-6-22(3)7-11-25)29(35)20-34(27-14-12-26(31)13-15-27)39(37,38)28-16-8-23(4)9-17-28/h6-17,21,24H,18-20H2,1-5H3,(H,32,36)/t24-/m0/s1. The van der Waals surface area contributed by atoms with E-state index in [1.807, 2.05) is 52.0 Å². The molecule has 0 aliphatic rings. The number of carbonyl (C=O) groups excluding carboxylic acids is 2. The molecule has 3 aromatic carbocycles. The van der Waals surface area contributed by atoms with E-state index in [-0.39, 0.29) is 29.0 Å². The van der Waals surface area contributed by atoms with E-state index in [0.717, 1.165) is 33.1 Å². The molecule has 0 bridgehead atoms. The summed E-state index contributed by atoms with van der Waals surface area (Å²) in [5, 5.41) is 2.86. The topological polar surface area (TPSA) is 86.8 Å². The first-order valence-corrected chi connectivity index (χ1v) is 14.3. The van der Waals surface area contributed by atoms with Crippen molar-refractivity contribution in [2.45, 2.75) is 52.1 Å². The lowest BCUT2D eigenvalue weighted by molar-refractivity contribution is -0.139. The van der Waals surface area contributed by atoms with E-state index in [9.17, 15) is 22.4 Å². The second-order valence-electron chi connectivity index (χ2n) is 10.1. The minimum atomic E-state index is -4.20. The van der Waals surface area contributed by atoms with Gasteiger partial charge in [-0.2, -0.15) is 0 Å². The van der Waals surface area contributed by atoms with Crippen LogP contribution in [0.15, 0.2) is 77.7 Å². The van der Waals surface area contributed by atoms with Crippen LogP contribution in [-0.4, -0.2) is 44.3 Å². The molecular weight excluding hydrogens is 517 g/mol. The van der Waals surface area contributed by atoms with Crippen LogP contribution in [0.5, 0.6) is 0 Å². The Kier molecular flexibility index (Phi) is 9.86. The van der Waals surface area contributed by atoms with Gasteiger partial charge in [0.2, 0.25) is 11.8 Å². The SMILES string of the molecule is Cc1ccc(CN(C(=O)CN(c2ccc(F)cc2)S(=O)(=O)c2ccc(C)cc2)[C@@H](C)C(=O)NCC(C)C)cc1. The predicted octanol–water partition coefficient (Wildman–Crippen LogP) is 4.83. The summed E-state index contributed by atoms with van der Waals surface area (Å²) in [5.74, 6) is -1.22. The van der Waals surface area contributed by atoms with Gasteiger partial charge in [-0.1, -0.05) is 61.4 Å². The average Bonchev–Trinajstić information content (AvgIpc) is 2.90. The Morgan fingerprint density at radius 1 is 0.846 bits per heavy atom. The number of amides is 2. The van der Waals surface area contributed by atoms with E-state index in [1.165, 1.54) is 29.2 Å². The lowest BCUT2D eigenvalue weighted by Crippen LogP contribution is -2.51. The summed E-state index contributed by atoms with van der Waals surface area (Å²) in [7, 11) is -4.20. The highest BCUT2D eigenvalue weighted by atomic mass is 32.2. The van der Waals surface area contributed by atoms with Crippen molar-refractivity contribution in [3.05, 3.63) is 95.3 Å². The fraction of sp³-hybridized carbons (Fsp3) is 0.333. The van der Waals surface area contributed by atoms with Crippen molar-refractivity contribution in [3.63, 3.8) is 0 Å². The summed E-state index contributed by atoms with van der Waals surface area (Å²) < 4.78 is 42.2. The molecule has 0 unspecified atom stereocenters. The maximum absolute atomic E-state index is 13.8. The lowest BCUT2D eigenvalue weighted by Gasteiger charge is -2.32. The molecule has 208 valence electrons. The largest absolute Gasteiger partial charge is 0.354 e. The summed E-state index contributed by atoms with van der Waals surface area (Å²) in [5.41, 5.74) is 2.86. The normalized spacial score (nSPS) is 12.2. The van der Waals surface area contributed by atoms with E-state index in [1.54, 1.807) is 19.1 Å². The first-order chi connectivity index (χ1) is 18.4. The molecule has 0 heterocycles. The van der Waals surface area contributed by atoms with Gasteiger partial charge in [0.05, 0.1) is 10.6 Å². The number of aryl methyl sites for hydroxylation is 2. The van der Waals surface area contributed by atoms with Crippen molar-refractivity contribution in [1.82, 2.24) is 10.2 Å². The van der Waals surface area contributed by atoms with E-state index in [0.29, 0.717) is 6.54 Å². The second kappa shape index (κ2) is 12.9. The monoisotopic (exact) mass is 553 g/mol. The molecule has 0 saturated carbocycles. The van der Waals surface area contributed by atoms with Crippen molar-refractivity contribution in [1.29, 1.82) is 0 Å². The molecule has 2 amide bonds. The average molecular weight is 554 g/mol. The molecule has 0 spiro atoms. The molecule has 0 saturated heterocycles. The number of nitrogens with one attached hydrogen (secondary N) is 1. The summed E-state index contributed by atoms with van der Waals surface area (Å²) in [6, 6.07) is 17.9. The molecule has 0 aliphatic heterocycles. The molecular formula is C30H36FN3O4S. The van der Waals surface area contributed by atoms with E-state index >= 15 is 0 Å². The minimum absolute atomic E-state index is 0.00182. The Bertz CT molecular complexity index is 1370. The van der Waals surface area contributed by atoms with Crippen molar-refractivity contribution in [2.24, 2.45) is 5.92 Å². The Morgan fingerprint density at radius 3 is 1.92 bits per heavy atom. The molecule has 9 heteroatoms. The molecule has 0 aromatic heterocycles. The van der Waals surface area contributed by atoms with Crippen molar-refractivity contribution >= 4 is 27.5 Å². The van der Waals surface area contributed by atoms with E-state index in [4.69, 9.17) is 0 Å². The number of benzene rings is 3. The van der Waals surface area contributed by atoms with Crippen LogP contribution in [-0.2, 0) is 26.2 Å². The van der Waals surface area contributed by atoms with Crippen molar-refractivity contribution < 1.29 is 22.4 Å². The highest BCUT2D eigenvalue weighted by Gasteiger charge is 2.32. The van der Waals surface area contributed by atoms with Crippen LogP contribution in [0.25, 0.3) is 0 Å². The van der Waals surface area contributed by atoms with Crippen LogP contribution in [0.1, 0.15) is 37.5 Å². The number of carbonyl (C=O) groups is 2. The van der Waals surface area contributed by atoms with Crippen LogP contribution in [0, 0.1) is 25.6 Å².